The Morgan fingerprint density at radius 1 is 1.10 bits per heavy atom. The molecule has 0 fully saturated rings. The van der Waals surface area contributed by atoms with Gasteiger partial charge in [0.15, 0.2) is 0 Å². The molecule has 0 aliphatic rings. The SMILES string of the molecule is CNc1ccccc1C(=O)N[C@H](C)c1ccc(Br)cc1. The summed E-state index contributed by atoms with van der Waals surface area (Å²) in [6.07, 6.45) is 0. The Kier molecular flexibility index (Phi) is 4.79. The Hall–Kier alpha value is -1.81. The van der Waals surface area contributed by atoms with Gasteiger partial charge in [-0.2, -0.15) is 0 Å². The monoisotopic (exact) mass is 332 g/mol. The van der Waals surface area contributed by atoms with Gasteiger partial charge in [-0.3, -0.25) is 4.79 Å². The molecule has 0 bridgehead atoms. The van der Waals surface area contributed by atoms with Crippen molar-refractivity contribution in [1.82, 2.24) is 5.32 Å². The molecule has 0 aliphatic carbocycles. The fourth-order valence-corrected chi connectivity index (χ4v) is 2.27. The van der Waals surface area contributed by atoms with Crippen molar-refractivity contribution in [3.05, 3.63) is 64.1 Å². The second-order valence-electron chi connectivity index (χ2n) is 4.54. The predicted octanol–water partition coefficient (Wildman–Crippen LogP) is 3.98. The van der Waals surface area contributed by atoms with Crippen molar-refractivity contribution in [1.29, 1.82) is 0 Å². The molecule has 0 aromatic heterocycles. The smallest absolute Gasteiger partial charge is 0.253 e. The molecule has 0 saturated heterocycles. The molecule has 0 radical (unpaired) electrons. The molecule has 20 heavy (non-hydrogen) atoms. The van der Waals surface area contributed by atoms with Crippen LogP contribution in [0.2, 0.25) is 0 Å². The quantitative estimate of drug-likeness (QED) is 0.889. The van der Waals surface area contributed by atoms with Gasteiger partial charge in [0.1, 0.15) is 0 Å². The Morgan fingerprint density at radius 3 is 2.40 bits per heavy atom. The van der Waals surface area contributed by atoms with E-state index in [1.54, 1.807) is 0 Å². The number of hydrogen-bond acceptors (Lipinski definition) is 2. The molecular weight excluding hydrogens is 316 g/mol. The highest BCUT2D eigenvalue weighted by Gasteiger charge is 2.13. The van der Waals surface area contributed by atoms with Crippen LogP contribution in [0.3, 0.4) is 0 Å². The van der Waals surface area contributed by atoms with Crippen LogP contribution in [0.5, 0.6) is 0 Å². The summed E-state index contributed by atoms with van der Waals surface area (Å²) in [5, 5.41) is 6.04. The van der Waals surface area contributed by atoms with Crippen molar-refractivity contribution in [2.24, 2.45) is 0 Å². The summed E-state index contributed by atoms with van der Waals surface area (Å²) in [6, 6.07) is 15.4. The summed E-state index contributed by atoms with van der Waals surface area (Å²) in [6.45, 7) is 1.98. The number of carbonyl (C=O) groups is 1. The number of benzene rings is 2. The van der Waals surface area contributed by atoms with Crippen molar-refractivity contribution in [2.75, 3.05) is 12.4 Å². The van der Waals surface area contributed by atoms with E-state index in [4.69, 9.17) is 0 Å². The first-order valence-corrected chi connectivity index (χ1v) is 7.24. The first-order valence-electron chi connectivity index (χ1n) is 6.45. The lowest BCUT2D eigenvalue weighted by Gasteiger charge is -2.16. The van der Waals surface area contributed by atoms with Gasteiger partial charge in [-0.1, -0.05) is 40.2 Å². The van der Waals surface area contributed by atoms with E-state index in [1.807, 2.05) is 62.5 Å². The minimum atomic E-state index is -0.0784. The van der Waals surface area contributed by atoms with Crippen LogP contribution in [-0.2, 0) is 0 Å². The van der Waals surface area contributed by atoms with Crippen LogP contribution in [-0.4, -0.2) is 13.0 Å². The topological polar surface area (TPSA) is 41.1 Å². The standard InChI is InChI=1S/C16H17BrN2O/c1-11(12-7-9-13(17)10-8-12)19-16(20)14-5-3-4-6-15(14)18-2/h3-11,18H,1-2H3,(H,19,20)/t11-/m1/s1. The Bertz CT molecular complexity index is 596. The van der Waals surface area contributed by atoms with Crippen molar-refractivity contribution in [2.45, 2.75) is 13.0 Å². The number of halogens is 1. The van der Waals surface area contributed by atoms with Crippen LogP contribution in [0.4, 0.5) is 5.69 Å². The van der Waals surface area contributed by atoms with Crippen LogP contribution in [0.15, 0.2) is 53.0 Å². The van der Waals surface area contributed by atoms with Crippen molar-refractivity contribution < 1.29 is 4.79 Å². The molecule has 1 atom stereocenters. The van der Waals surface area contributed by atoms with Gasteiger partial charge in [0.05, 0.1) is 11.6 Å². The molecule has 1 amide bonds. The van der Waals surface area contributed by atoms with E-state index in [2.05, 4.69) is 26.6 Å². The Balaban J connectivity index is 2.13. The lowest BCUT2D eigenvalue weighted by atomic mass is 10.1. The lowest BCUT2D eigenvalue weighted by Crippen LogP contribution is -2.27. The number of hydrogen-bond donors (Lipinski definition) is 2. The van der Waals surface area contributed by atoms with E-state index in [0.717, 1.165) is 15.7 Å². The van der Waals surface area contributed by atoms with E-state index in [9.17, 15) is 4.79 Å². The highest BCUT2D eigenvalue weighted by Crippen LogP contribution is 2.19. The third-order valence-corrected chi connectivity index (χ3v) is 3.69. The molecule has 0 saturated carbocycles. The van der Waals surface area contributed by atoms with Crippen molar-refractivity contribution in [3.63, 3.8) is 0 Å². The van der Waals surface area contributed by atoms with Gasteiger partial charge in [-0.15, -0.1) is 0 Å². The first-order chi connectivity index (χ1) is 9.61. The predicted molar refractivity (Wildman–Crippen MR) is 86.0 cm³/mol. The molecule has 0 heterocycles. The van der Waals surface area contributed by atoms with Crippen LogP contribution >= 0.6 is 15.9 Å². The highest BCUT2D eigenvalue weighted by atomic mass is 79.9. The molecule has 4 heteroatoms. The van der Waals surface area contributed by atoms with Gasteiger partial charge in [-0.05, 0) is 36.8 Å². The largest absolute Gasteiger partial charge is 0.387 e. The van der Waals surface area contributed by atoms with Crippen LogP contribution in [0, 0.1) is 0 Å². The third kappa shape index (κ3) is 3.39. The number of carbonyl (C=O) groups excluding carboxylic acids is 1. The van der Waals surface area contributed by atoms with Crippen molar-refractivity contribution in [3.8, 4) is 0 Å². The van der Waals surface area contributed by atoms with E-state index in [-0.39, 0.29) is 11.9 Å². The zero-order valence-electron chi connectivity index (χ0n) is 11.5. The number of nitrogens with one attached hydrogen (secondary N) is 2. The maximum Gasteiger partial charge on any atom is 0.253 e. The average Bonchev–Trinajstić information content (AvgIpc) is 2.47. The summed E-state index contributed by atoms with van der Waals surface area (Å²) in [5.74, 6) is -0.0784. The minimum absolute atomic E-state index is 0.0412. The van der Waals surface area contributed by atoms with Gasteiger partial charge in [0, 0.05) is 17.2 Å². The van der Waals surface area contributed by atoms with E-state index in [0.29, 0.717) is 5.56 Å². The minimum Gasteiger partial charge on any atom is -0.387 e. The number of para-hydroxylation sites is 1. The summed E-state index contributed by atoms with van der Waals surface area (Å²) in [7, 11) is 1.81. The zero-order chi connectivity index (χ0) is 14.5. The lowest BCUT2D eigenvalue weighted by molar-refractivity contribution is 0.0940. The number of anilines is 1. The van der Waals surface area contributed by atoms with Gasteiger partial charge in [0.25, 0.3) is 5.91 Å². The number of amides is 1. The fourth-order valence-electron chi connectivity index (χ4n) is 2.01. The second kappa shape index (κ2) is 6.57. The van der Waals surface area contributed by atoms with E-state index in [1.165, 1.54) is 0 Å². The van der Waals surface area contributed by atoms with Crippen LogP contribution < -0.4 is 10.6 Å². The molecule has 2 aromatic rings. The summed E-state index contributed by atoms with van der Waals surface area (Å²) in [4.78, 5) is 12.3. The molecule has 2 aromatic carbocycles. The van der Waals surface area contributed by atoms with Crippen LogP contribution in [0.1, 0.15) is 28.9 Å². The third-order valence-electron chi connectivity index (χ3n) is 3.16. The summed E-state index contributed by atoms with van der Waals surface area (Å²) >= 11 is 3.41. The van der Waals surface area contributed by atoms with E-state index < -0.39 is 0 Å². The van der Waals surface area contributed by atoms with Crippen LogP contribution in [0.25, 0.3) is 0 Å². The molecule has 2 N–H and O–H groups in total. The highest BCUT2D eigenvalue weighted by molar-refractivity contribution is 9.10. The van der Waals surface area contributed by atoms with Gasteiger partial charge >= 0.3 is 0 Å². The zero-order valence-corrected chi connectivity index (χ0v) is 13.1. The maximum absolute atomic E-state index is 12.3. The average molecular weight is 333 g/mol. The van der Waals surface area contributed by atoms with Gasteiger partial charge in [-0.25, -0.2) is 0 Å². The summed E-state index contributed by atoms with van der Waals surface area (Å²) < 4.78 is 1.03. The van der Waals surface area contributed by atoms with Crippen molar-refractivity contribution >= 4 is 27.5 Å². The normalized spacial score (nSPS) is 11.8. The molecule has 2 rings (SSSR count). The van der Waals surface area contributed by atoms with E-state index >= 15 is 0 Å². The Labute approximate surface area is 127 Å². The number of rotatable bonds is 4. The Morgan fingerprint density at radius 2 is 1.75 bits per heavy atom. The second-order valence-corrected chi connectivity index (χ2v) is 5.46. The van der Waals surface area contributed by atoms with Gasteiger partial charge in [0.2, 0.25) is 0 Å². The first kappa shape index (κ1) is 14.6. The molecule has 3 nitrogen and oxygen atoms in total. The molecule has 104 valence electrons. The van der Waals surface area contributed by atoms with Gasteiger partial charge < -0.3 is 10.6 Å². The molecule has 0 unspecified atom stereocenters. The summed E-state index contributed by atoms with van der Waals surface area (Å²) in [5.41, 5.74) is 2.55. The maximum atomic E-state index is 12.3. The fraction of sp³-hybridized carbons (Fsp3) is 0.188. The molecule has 0 aliphatic heterocycles. The molecule has 0 spiro atoms. The molecular formula is C16H17BrN2O.